The van der Waals surface area contributed by atoms with E-state index in [2.05, 4.69) is 125 Å². The maximum absolute atomic E-state index is 5.21. The molecule has 6 heteroatoms. The molecule has 1 aliphatic rings. The number of aryl methyl sites for hydroxylation is 2. The van der Waals surface area contributed by atoms with E-state index in [9.17, 15) is 0 Å². The second-order valence-electron chi connectivity index (χ2n) is 12.2. The Morgan fingerprint density at radius 1 is 0.529 bits per heavy atom. The molecule has 6 nitrogen and oxygen atoms in total. The summed E-state index contributed by atoms with van der Waals surface area (Å²) in [6.45, 7) is 17.9. The predicted octanol–water partition coefficient (Wildman–Crippen LogP) is 5.43. The topological polar surface area (TPSA) is 67.2 Å². The van der Waals surface area contributed by atoms with Crippen molar-refractivity contribution in [2.45, 2.75) is 77.0 Å². The van der Waals surface area contributed by atoms with Gasteiger partial charge in [-0.1, -0.05) is 0 Å². The molecule has 180 valence electrons. The maximum Gasteiger partial charge on any atom is 0.120 e. The molecule has 8 bridgehead atoms. The summed E-state index contributed by atoms with van der Waals surface area (Å²) in [6, 6.07) is 8.87. The SMILES string of the molecule is Cn1cc2nc1C(C)(C)c1ccc([nH]1)C(C)(C)c1ccc([nH]1)C(C)(C)c1nc(cn1C)C2(C)C. The molecule has 2 N–H and O–H groups in total. The summed E-state index contributed by atoms with van der Waals surface area (Å²) in [5, 5.41) is 0. The van der Waals surface area contributed by atoms with Crippen LogP contribution >= 0.6 is 0 Å². The fourth-order valence-electron chi connectivity index (χ4n) is 5.46. The minimum absolute atomic E-state index is 0.207. The van der Waals surface area contributed by atoms with Crippen LogP contribution < -0.4 is 0 Å². The zero-order valence-corrected chi connectivity index (χ0v) is 22.3. The van der Waals surface area contributed by atoms with Crippen LogP contribution in [0.1, 0.15) is 101 Å². The van der Waals surface area contributed by atoms with Crippen molar-refractivity contribution in [3.05, 3.63) is 82.5 Å². The summed E-state index contributed by atoms with van der Waals surface area (Å²) in [7, 11) is 4.19. The van der Waals surface area contributed by atoms with Crippen molar-refractivity contribution in [3.63, 3.8) is 0 Å². The van der Waals surface area contributed by atoms with Crippen LogP contribution in [0.25, 0.3) is 0 Å². The molecule has 0 radical (unpaired) electrons. The number of imidazole rings is 2. The monoisotopic (exact) mass is 458 g/mol. The van der Waals surface area contributed by atoms with Gasteiger partial charge in [-0.2, -0.15) is 0 Å². The first-order valence-electron chi connectivity index (χ1n) is 12.2. The van der Waals surface area contributed by atoms with Crippen LogP contribution in [0.2, 0.25) is 0 Å². The van der Waals surface area contributed by atoms with Gasteiger partial charge >= 0.3 is 0 Å². The number of aromatic amines is 2. The molecule has 0 aromatic carbocycles. The van der Waals surface area contributed by atoms with Gasteiger partial charge < -0.3 is 19.1 Å². The highest BCUT2D eigenvalue weighted by Gasteiger charge is 2.39. The molecule has 0 amide bonds. The lowest BCUT2D eigenvalue weighted by Crippen LogP contribution is -2.27. The normalized spacial score (nSPS) is 19.8. The molecule has 0 unspecified atom stereocenters. The first-order valence-corrected chi connectivity index (χ1v) is 12.2. The molecule has 0 spiro atoms. The lowest BCUT2D eigenvalue weighted by molar-refractivity contribution is 0.523. The molecule has 5 heterocycles. The fourth-order valence-corrected chi connectivity index (χ4v) is 5.46. The molecule has 0 saturated heterocycles. The number of rotatable bonds is 0. The Labute approximate surface area is 202 Å². The Bertz CT molecular complexity index is 1280. The number of nitrogens with zero attached hydrogens (tertiary/aromatic N) is 4. The molecule has 0 saturated carbocycles. The Kier molecular flexibility index (Phi) is 4.53. The van der Waals surface area contributed by atoms with E-state index in [1.807, 2.05) is 0 Å². The third-order valence-electron chi connectivity index (χ3n) is 8.22. The van der Waals surface area contributed by atoms with Gasteiger partial charge in [-0.15, -0.1) is 0 Å². The molecule has 1 aliphatic heterocycles. The third-order valence-corrected chi connectivity index (χ3v) is 8.22. The van der Waals surface area contributed by atoms with Gasteiger partial charge in [0.25, 0.3) is 0 Å². The van der Waals surface area contributed by atoms with Crippen LogP contribution in [0.15, 0.2) is 36.7 Å². The number of H-pyrrole nitrogens is 2. The van der Waals surface area contributed by atoms with Gasteiger partial charge in [0, 0.05) is 54.7 Å². The van der Waals surface area contributed by atoms with Crippen molar-refractivity contribution in [1.29, 1.82) is 0 Å². The number of aromatic nitrogens is 6. The summed E-state index contributed by atoms with van der Waals surface area (Å²) < 4.78 is 4.34. The highest BCUT2D eigenvalue weighted by Crippen LogP contribution is 2.40. The van der Waals surface area contributed by atoms with Crippen LogP contribution in [0.5, 0.6) is 0 Å². The van der Waals surface area contributed by atoms with Crippen LogP contribution in [-0.2, 0) is 35.8 Å². The molecular formula is C28H38N6. The predicted molar refractivity (Wildman–Crippen MR) is 137 cm³/mol. The first-order chi connectivity index (χ1) is 15.7. The van der Waals surface area contributed by atoms with E-state index in [0.717, 1.165) is 34.4 Å². The van der Waals surface area contributed by atoms with Crippen LogP contribution in [0, 0.1) is 0 Å². The number of nitrogens with one attached hydrogen (secondary N) is 2. The van der Waals surface area contributed by atoms with Crippen LogP contribution in [0.4, 0.5) is 0 Å². The Hall–Kier alpha value is -3.02. The fraction of sp³-hybridized carbons (Fsp3) is 0.500. The Morgan fingerprint density at radius 2 is 0.853 bits per heavy atom. The van der Waals surface area contributed by atoms with E-state index < -0.39 is 0 Å². The minimum Gasteiger partial charge on any atom is -0.361 e. The van der Waals surface area contributed by atoms with E-state index in [0.29, 0.717) is 0 Å². The van der Waals surface area contributed by atoms with Gasteiger partial charge in [0.15, 0.2) is 0 Å². The van der Waals surface area contributed by atoms with Crippen molar-refractivity contribution in [1.82, 2.24) is 29.1 Å². The Balaban J connectivity index is 1.81. The lowest BCUT2D eigenvalue weighted by atomic mass is 9.85. The molecule has 0 atom stereocenters. The zero-order chi connectivity index (χ0) is 24.8. The average Bonchev–Trinajstić information content (AvgIpc) is 3.51. The standard InChI is InChI=1S/C28H38N6/c1-25(2)17-11-13-19(29-17)27(5,6)23-31-21(15-33(23)9)26(3,4)22-16-34(10)24(32-22)28(7,8)20-14-12-18(25)30-20/h11-16,29-30H,1-10H3. The first kappa shape index (κ1) is 22.8. The summed E-state index contributed by atoms with van der Waals surface area (Å²) in [5.41, 5.74) is 5.63. The van der Waals surface area contributed by atoms with E-state index in [1.165, 1.54) is 11.4 Å². The van der Waals surface area contributed by atoms with Gasteiger partial charge in [-0.25, -0.2) is 9.97 Å². The quantitative estimate of drug-likeness (QED) is 0.369. The molecule has 0 aliphatic carbocycles. The van der Waals surface area contributed by atoms with Crippen molar-refractivity contribution >= 4 is 0 Å². The van der Waals surface area contributed by atoms with Crippen LogP contribution in [-0.4, -0.2) is 29.1 Å². The van der Waals surface area contributed by atoms with Gasteiger partial charge in [-0.3, -0.25) is 0 Å². The molecule has 34 heavy (non-hydrogen) atoms. The van der Waals surface area contributed by atoms with Gasteiger partial charge in [0.2, 0.25) is 0 Å². The number of hydrogen-bond acceptors (Lipinski definition) is 2. The van der Waals surface area contributed by atoms with Gasteiger partial charge in [0.05, 0.1) is 27.6 Å². The summed E-state index contributed by atoms with van der Waals surface area (Å²) in [6.07, 6.45) is 4.33. The summed E-state index contributed by atoms with van der Waals surface area (Å²) >= 11 is 0. The molecule has 4 aromatic heterocycles. The summed E-state index contributed by atoms with van der Waals surface area (Å²) in [5.74, 6) is 2.07. The van der Waals surface area contributed by atoms with Crippen molar-refractivity contribution in [3.8, 4) is 0 Å². The van der Waals surface area contributed by atoms with Crippen molar-refractivity contribution in [2.24, 2.45) is 14.1 Å². The third kappa shape index (κ3) is 3.00. The second kappa shape index (κ2) is 6.77. The highest BCUT2D eigenvalue weighted by atomic mass is 15.1. The van der Waals surface area contributed by atoms with Crippen molar-refractivity contribution in [2.75, 3.05) is 0 Å². The van der Waals surface area contributed by atoms with E-state index in [4.69, 9.17) is 9.97 Å². The zero-order valence-electron chi connectivity index (χ0n) is 22.3. The Morgan fingerprint density at radius 3 is 1.21 bits per heavy atom. The highest BCUT2D eigenvalue weighted by molar-refractivity contribution is 5.40. The van der Waals surface area contributed by atoms with Crippen LogP contribution in [0.3, 0.4) is 0 Å². The summed E-state index contributed by atoms with van der Waals surface area (Å²) in [4.78, 5) is 18.0. The molecule has 0 fully saturated rings. The largest absolute Gasteiger partial charge is 0.361 e. The van der Waals surface area contributed by atoms with E-state index in [-0.39, 0.29) is 21.7 Å². The van der Waals surface area contributed by atoms with E-state index in [1.54, 1.807) is 0 Å². The number of fused-ring (bicyclic) bond motifs is 8. The molecule has 5 rings (SSSR count). The van der Waals surface area contributed by atoms with Crippen molar-refractivity contribution < 1.29 is 0 Å². The lowest BCUT2D eigenvalue weighted by Gasteiger charge is -2.27. The smallest absolute Gasteiger partial charge is 0.120 e. The molecular weight excluding hydrogens is 420 g/mol. The van der Waals surface area contributed by atoms with Gasteiger partial charge in [0.1, 0.15) is 11.6 Å². The minimum atomic E-state index is -0.334. The number of hydrogen-bond donors (Lipinski definition) is 2. The maximum atomic E-state index is 5.21. The molecule has 4 aromatic rings. The second-order valence-corrected chi connectivity index (χ2v) is 12.2. The van der Waals surface area contributed by atoms with E-state index >= 15 is 0 Å². The van der Waals surface area contributed by atoms with Gasteiger partial charge in [-0.05, 0) is 79.7 Å². The average molecular weight is 459 g/mol.